The van der Waals surface area contributed by atoms with Crippen LogP contribution in [0.5, 0.6) is 0 Å². The van der Waals surface area contributed by atoms with Crippen LogP contribution in [0.25, 0.3) is 0 Å². The molecule has 3 atom stereocenters. The summed E-state index contributed by atoms with van der Waals surface area (Å²) in [6.45, 7) is 0. The molecule has 0 bridgehead atoms. The predicted molar refractivity (Wildman–Crippen MR) is 96.2 cm³/mol. The van der Waals surface area contributed by atoms with E-state index in [1.54, 1.807) is 18.2 Å². The number of carbonyl (C=O) groups is 1. The zero-order valence-corrected chi connectivity index (χ0v) is 14.2. The van der Waals surface area contributed by atoms with E-state index in [0.717, 1.165) is 23.2 Å². The van der Waals surface area contributed by atoms with Crippen LogP contribution in [0.1, 0.15) is 39.9 Å². The number of carboxylic acids is 1. The Morgan fingerprint density at radius 2 is 1.96 bits per heavy atom. The van der Waals surface area contributed by atoms with Gasteiger partial charge in [0.15, 0.2) is 0 Å². The van der Waals surface area contributed by atoms with Crippen LogP contribution in [0, 0.1) is 5.92 Å². The molecule has 2 aromatic carbocycles. The van der Waals surface area contributed by atoms with Gasteiger partial charge in [0.1, 0.15) is 0 Å². The van der Waals surface area contributed by atoms with Crippen molar-refractivity contribution in [2.75, 3.05) is 5.32 Å². The number of allylic oxidation sites excluding steroid dienone is 2. The Bertz CT molecular complexity index is 862. The van der Waals surface area contributed by atoms with Crippen molar-refractivity contribution in [3.8, 4) is 0 Å². The molecule has 2 aromatic rings. The molecule has 5 heteroatoms. The van der Waals surface area contributed by atoms with E-state index in [4.69, 9.17) is 23.2 Å². The van der Waals surface area contributed by atoms with Crippen molar-refractivity contribution in [1.29, 1.82) is 0 Å². The second kappa shape index (κ2) is 5.83. The monoisotopic (exact) mass is 359 g/mol. The highest BCUT2D eigenvalue weighted by Crippen LogP contribution is 2.52. The molecule has 122 valence electrons. The number of aromatic carboxylic acids is 1. The number of nitrogens with one attached hydrogen (secondary N) is 1. The van der Waals surface area contributed by atoms with Gasteiger partial charge in [-0.2, -0.15) is 0 Å². The minimum atomic E-state index is -0.914. The van der Waals surface area contributed by atoms with E-state index in [-0.39, 0.29) is 17.9 Å². The first-order chi connectivity index (χ1) is 11.6. The van der Waals surface area contributed by atoms with Gasteiger partial charge in [0.05, 0.1) is 22.3 Å². The van der Waals surface area contributed by atoms with Crippen molar-refractivity contribution in [2.24, 2.45) is 5.92 Å². The molecule has 1 heterocycles. The lowest BCUT2D eigenvalue weighted by molar-refractivity contribution is 0.0694. The van der Waals surface area contributed by atoms with Crippen LogP contribution < -0.4 is 5.32 Å². The maximum absolute atomic E-state index is 11.6. The van der Waals surface area contributed by atoms with Crippen molar-refractivity contribution < 1.29 is 9.90 Å². The first kappa shape index (κ1) is 15.6. The predicted octanol–water partition coefficient (Wildman–Crippen LogP) is 5.52. The van der Waals surface area contributed by atoms with Crippen LogP contribution in [-0.2, 0) is 0 Å². The van der Waals surface area contributed by atoms with E-state index >= 15 is 0 Å². The number of rotatable bonds is 2. The summed E-state index contributed by atoms with van der Waals surface area (Å²) in [6.07, 6.45) is 5.21. The van der Waals surface area contributed by atoms with Gasteiger partial charge >= 0.3 is 5.97 Å². The molecule has 0 unspecified atom stereocenters. The number of hydrogen-bond acceptors (Lipinski definition) is 2. The first-order valence-corrected chi connectivity index (χ1v) is 8.56. The molecule has 0 aromatic heterocycles. The zero-order valence-electron chi connectivity index (χ0n) is 12.7. The van der Waals surface area contributed by atoms with Crippen LogP contribution in [0.15, 0.2) is 48.6 Å². The number of halogens is 2. The average Bonchev–Trinajstić information content (AvgIpc) is 3.04. The number of carboxylic acid groups (broad SMARTS) is 1. The van der Waals surface area contributed by atoms with E-state index in [1.807, 2.05) is 18.2 Å². The summed E-state index contributed by atoms with van der Waals surface area (Å²) in [5.41, 5.74) is 3.05. The molecule has 2 N–H and O–H groups in total. The van der Waals surface area contributed by atoms with Crippen LogP contribution in [0.4, 0.5) is 5.69 Å². The molecular weight excluding hydrogens is 345 g/mol. The van der Waals surface area contributed by atoms with E-state index in [1.165, 1.54) is 0 Å². The van der Waals surface area contributed by atoms with Crippen molar-refractivity contribution in [3.63, 3.8) is 0 Å². The van der Waals surface area contributed by atoms with Crippen LogP contribution in [0.2, 0.25) is 10.0 Å². The second-order valence-corrected chi connectivity index (χ2v) is 7.06. The summed E-state index contributed by atoms with van der Waals surface area (Å²) in [5, 5.41) is 14.2. The van der Waals surface area contributed by atoms with Gasteiger partial charge in [-0.15, -0.1) is 0 Å². The maximum atomic E-state index is 11.6. The first-order valence-electron chi connectivity index (χ1n) is 7.80. The molecule has 0 saturated heterocycles. The van der Waals surface area contributed by atoms with Crippen molar-refractivity contribution in [3.05, 3.63) is 75.3 Å². The van der Waals surface area contributed by atoms with Gasteiger partial charge in [-0.05, 0) is 41.7 Å². The van der Waals surface area contributed by atoms with Gasteiger partial charge in [-0.25, -0.2) is 4.79 Å². The second-order valence-electron chi connectivity index (χ2n) is 6.22. The van der Waals surface area contributed by atoms with Gasteiger partial charge in [0.25, 0.3) is 0 Å². The topological polar surface area (TPSA) is 49.3 Å². The fraction of sp³-hybridized carbons (Fsp3) is 0.211. The average molecular weight is 360 g/mol. The third-order valence-corrected chi connectivity index (χ3v) is 5.43. The Balaban J connectivity index is 1.86. The number of fused-ring (bicyclic) bond motifs is 3. The summed E-state index contributed by atoms with van der Waals surface area (Å²) >= 11 is 12.6. The quantitative estimate of drug-likeness (QED) is 0.694. The summed E-state index contributed by atoms with van der Waals surface area (Å²) in [4.78, 5) is 11.6. The molecule has 0 amide bonds. The third kappa shape index (κ3) is 2.40. The maximum Gasteiger partial charge on any atom is 0.336 e. The standard InChI is InChI=1S/C19H15Cl2NO2/c20-10-8-15-11-6-3-7-12(11)17(22-18(15)16(21)9-10)13-4-1-2-5-14(13)19(23)24/h1-6,8-9,11-12,17,22H,7H2,(H,23,24)/t11-,12+,17-/m1/s1. The molecule has 0 radical (unpaired) electrons. The van der Waals surface area contributed by atoms with Crippen molar-refractivity contribution in [1.82, 2.24) is 0 Å². The fourth-order valence-electron chi connectivity index (χ4n) is 3.89. The molecule has 1 aliphatic heterocycles. The van der Waals surface area contributed by atoms with Gasteiger partial charge in [-0.1, -0.05) is 53.6 Å². The smallest absolute Gasteiger partial charge is 0.336 e. The van der Waals surface area contributed by atoms with Crippen molar-refractivity contribution >= 4 is 34.9 Å². The molecular formula is C19H15Cl2NO2. The Morgan fingerprint density at radius 1 is 1.17 bits per heavy atom. The summed E-state index contributed by atoms with van der Waals surface area (Å²) < 4.78 is 0. The molecule has 4 rings (SSSR count). The minimum absolute atomic E-state index is 0.108. The van der Waals surface area contributed by atoms with E-state index in [0.29, 0.717) is 15.6 Å². The highest BCUT2D eigenvalue weighted by molar-refractivity contribution is 6.36. The molecule has 0 saturated carbocycles. The Morgan fingerprint density at radius 3 is 2.75 bits per heavy atom. The molecule has 0 spiro atoms. The van der Waals surface area contributed by atoms with Crippen LogP contribution in [0.3, 0.4) is 0 Å². The highest BCUT2D eigenvalue weighted by Gasteiger charge is 2.40. The van der Waals surface area contributed by atoms with Gasteiger partial charge in [-0.3, -0.25) is 0 Å². The normalized spacial score (nSPS) is 24.2. The van der Waals surface area contributed by atoms with E-state index in [2.05, 4.69) is 17.5 Å². The van der Waals surface area contributed by atoms with E-state index in [9.17, 15) is 9.90 Å². The molecule has 24 heavy (non-hydrogen) atoms. The Hall–Kier alpha value is -1.97. The molecule has 3 nitrogen and oxygen atoms in total. The molecule has 2 aliphatic rings. The molecule has 1 aliphatic carbocycles. The molecule has 0 fully saturated rings. The van der Waals surface area contributed by atoms with Gasteiger partial charge < -0.3 is 10.4 Å². The summed E-state index contributed by atoms with van der Waals surface area (Å²) in [7, 11) is 0. The lowest BCUT2D eigenvalue weighted by Crippen LogP contribution is -2.30. The Labute approximate surface area is 149 Å². The fourth-order valence-corrected chi connectivity index (χ4v) is 4.46. The Kier molecular flexibility index (Phi) is 3.78. The van der Waals surface area contributed by atoms with Crippen LogP contribution in [-0.4, -0.2) is 11.1 Å². The van der Waals surface area contributed by atoms with E-state index < -0.39 is 5.97 Å². The largest absolute Gasteiger partial charge is 0.478 e. The lowest BCUT2D eigenvalue weighted by atomic mass is 9.76. The summed E-state index contributed by atoms with van der Waals surface area (Å²) in [6, 6.07) is 10.7. The third-order valence-electron chi connectivity index (χ3n) is 4.91. The van der Waals surface area contributed by atoms with Gasteiger partial charge in [0, 0.05) is 10.9 Å². The van der Waals surface area contributed by atoms with Gasteiger partial charge in [0.2, 0.25) is 0 Å². The minimum Gasteiger partial charge on any atom is -0.478 e. The SMILES string of the molecule is O=C(O)c1ccccc1[C@@H]1Nc2c(Cl)cc(Cl)cc2[C@@H]2C=CC[C@@H]21. The lowest BCUT2D eigenvalue weighted by Gasteiger charge is -2.38. The number of anilines is 1. The van der Waals surface area contributed by atoms with Crippen LogP contribution >= 0.6 is 23.2 Å². The highest BCUT2D eigenvalue weighted by atomic mass is 35.5. The zero-order chi connectivity index (χ0) is 16.8. The number of benzene rings is 2. The summed E-state index contributed by atoms with van der Waals surface area (Å²) in [5.74, 6) is -0.486. The van der Waals surface area contributed by atoms with Crippen molar-refractivity contribution in [2.45, 2.75) is 18.4 Å². The number of hydrogen-bond donors (Lipinski definition) is 2.